The second-order valence-corrected chi connectivity index (χ2v) is 23.2. The molecule has 4 aliphatic rings. The van der Waals surface area contributed by atoms with Crippen LogP contribution >= 0.6 is 23.1 Å². The Morgan fingerprint density at radius 1 is 0.928 bits per heavy atom. The number of aryl methyl sites for hydroxylation is 1. The highest BCUT2D eigenvalue weighted by Crippen LogP contribution is 2.45. The predicted molar refractivity (Wildman–Crippen MR) is 275 cm³/mol. The molecule has 0 saturated carbocycles. The molecular weight excluding hydrogens is 956 g/mol. The number of nitrogens with zero attached hydrogens (tertiary/aromatic N) is 7. The van der Waals surface area contributed by atoms with Crippen molar-refractivity contribution in [3.05, 3.63) is 87.8 Å². The molecule has 15 nitrogen and oxygen atoms in total. The van der Waals surface area contributed by atoms with Crippen molar-refractivity contribution >= 4 is 86.0 Å². The van der Waals surface area contributed by atoms with Crippen LogP contribution < -0.4 is 30.9 Å². The van der Waals surface area contributed by atoms with Gasteiger partial charge in [-0.15, -0.1) is 0 Å². The number of hydrogen-bond acceptors (Lipinski definition) is 13. The van der Waals surface area contributed by atoms with E-state index in [-0.39, 0.29) is 18.2 Å². The molecule has 3 N–H and O–H groups in total. The van der Waals surface area contributed by atoms with Crippen molar-refractivity contribution in [1.82, 2.24) is 35.1 Å². The number of amides is 3. The number of unbranched alkanes of at least 4 members (excludes halogenated alkanes) is 4. The van der Waals surface area contributed by atoms with Gasteiger partial charge < -0.3 is 34.6 Å². The molecule has 0 radical (unpaired) electrons. The molecule has 9 rings (SSSR count). The highest BCUT2D eigenvalue weighted by molar-refractivity contribution is 9.10. The number of likely N-dealkylation sites (tertiary alicyclic amines) is 1. The fraction of sp³-hybridized carbons (Fsp3) is 0.442. The number of carbonyl (C=O) groups is 3. The number of methoxy groups -OCH3 is 1. The Morgan fingerprint density at radius 3 is 2.46 bits per heavy atom. The van der Waals surface area contributed by atoms with Gasteiger partial charge in [0, 0.05) is 73.9 Å². The maximum Gasteiger partial charge on any atom is 0.255 e. The summed E-state index contributed by atoms with van der Waals surface area (Å²) >= 11 is 3.60. The maximum absolute atomic E-state index is 13.5. The third-order valence-corrected chi connectivity index (χ3v) is 16.4. The molecule has 6 heterocycles. The van der Waals surface area contributed by atoms with Gasteiger partial charge in [-0.25, -0.2) is 4.98 Å². The van der Waals surface area contributed by atoms with E-state index >= 15 is 0 Å². The van der Waals surface area contributed by atoms with Gasteiger partial charge in [0.1, 0.15) is 30.3 Å². The number of ether oxygens (including phenoxy) is 1. The monoisotopic (exact) mass is 1010 g/mol. The van der Waals surface area contributed by atoms with Crippen LogP contribution in [0.5, 0.6) is 5.75 Å². The summed E-state index contributed by atoms with van der Waals surface area (Å²) in [6, 6.07) is 12.9. The van der Waals surface area contributed by atoms with Crippen molar-refractivity contribution < 1.29 is 23.7 Å². The Hall–Kier alpha value is -5.88. The Labute approximate surface area is 412 Å². The van der Waals surface area contributed by atoms with E-state index in [0.717, 1.165) is 74.4 Å². The van der Waals surface area contributed by atoms with E-state index in [0.29, 0.717) is 68.0 Å². The topological polar surface area (TPSA) is 175 Å². The van der Waals surface area contributed by atoms with Crippen LogP contribution in [-0.2, 0) is 20.7 Å². The van der Waals surface area contributed by atoms with Crippen molar-refractivity contribution in [3.8, 4) is 17.6 Å². The molecule has 17 heteroatoms. The summed E-state index contributed by atoms with van der Waals surface area (Å²) in [4.78, 5) is 62.3. The predicted octanol–water partition coefficient (Wildman–Crippen LogP) is 8.68. The smallest absolute Gasteiger partial charge is 0.255 e. The second-order valence-electron chi connectivity index (χ2n) is 19.2. The molecule has 3 saturated heterocycles. The van der Waals surface area contributed by atoms with Gasteiger partial charge in [0.25, 0.3) is 5.91 Å². The summed E-state index contributed by atoms with van der Waals surface area (Å²) in [5, 5.41) is 9.76. The third kappa shape index (κ3) is 10.7. The van der Waals surface area contributed by atoms with Gasteiger partial charge in [-0.3, -0.25) is 29.7 Å². The van der Waals surface area contributed by atoms with Crippen LogP contribution in [0.4, 0.5) is 28.8 Å². The maximum atomic E-state index is 13.5. The van der Waals surface area contributed by atoms with Gasteiger partial charge in [0.2, 0.25) is 17.8 Å². The zero-order valence-corrected chi connectivity index (χ0v) is 42.3. The Bertz CT molecular complexity index is 2900. The van der Waals surface area contributed by atoms with Gasteiger partial charge in [-0.2, -0.15) is 4.98 Å². The van der Waals surface area contributed by atoms with Gasteiger partial charge in [-0.05, 0) is 148 Å². The Kier molecular flexibility index (Phi) is 14.4. The molecule has 0 aliphatic carbocycles. The number of anilines is 5. The molecule has 4 aliphatic heterocycles. The van der Waals surface area contributed by atoms with Crippen LogP contribution in [0.15, 0.2) is 65.5 Å². The normalized spacial score (nSPS) is 18.2. The second kappa shape index (κ2) is 20.6. The molecule has 1 spiro atoms. The first kappa shape index (κ1) is 48.2. The third-order valence-electron chi connectivity index (χ3n) is 14.3. The van der Waals surface area contributed by atoms with E-state index in [1.165, 1.54) is 44.2 Å². The summed E-state index contributed by atoms with van der Waals surface area (Å²) in [5.74, 6) is 7.40. The summed E-state index contributed by atoms with van der Waals surface area (Å²) in [6.45, 7) is 11.4. The number of halogens is 1. The first-order valence-corrected chi connectivity index (χ1v) is 27.5. The minimum Gasteiger partial charge on any atom is -0.494 e. The van der Waals surface area contributed by atoms with Gasteiger partial charge in [-0.1, -0.05) is 30.7 Å². The minimum absolute atomic E-state index is 0.167. The lowest BCUT2D eigenvalue weighted by atomic mass is 9.71. The van der Waals surface area contributed by atoms with E-state index in [2.05, 4.69) is 87.5 Å². The molecule has 69 heavy (non-hydrogen) atoms. The molecule has 1 unspecified atom stereocenters. The van der Waals surface area contributed by atoms with Crippen molar-refractivity contribution in [3.63, 3.8) is 0 Å². The number of aromatic nitrogens is 4. The lowest BCUT2D eigenvalue weighted by Crippen LogP contribution is -2.52. The average Bonchev–Trinajstić information content (AvgIpc) is 3.67. The van der Waals surface area contributed by atoms with Crippen LogP contribution in [0, 0.1) is 24.2 Å². The van der Waals surface area contributed by atoms with Crippen molar-refractivity contribution in [2.45, 2.75) is 90.1 Å². The lowest BCUT2D eigenvalue weighted by Gasteiger charge is -2.47. The number of imide groups is 1. The highest BCUT2D eigenvalue weighted by Gasteiger charge is 2.40. The van der Waals surface area contributed by atoms with Crippen LogP contribution in [0.1, 0.15) is 97.7 Å². The summed E-state index contributed by atoms with van der Waals surface area (Å²) in [7, 11) is -1.08. The molecular formula is C52H60BrN10O5P. The molecule has 5 aromatic rings. The number of rotatable bonds is 14. The summed E-state index contributed by atoms with van der Waals surface area (Å²) in [5.41, 5.74) is 7.75. The number of piperidine rings is 3. The fourth-order valence-corrected chi connectivity index (χ4v) is 12.1. The largest absolute Gasteiger partial charge is 0.494 e. The number of hydrogen-bond donors (Lipinski definition) is 3. The summed E-state index contributed by atoms with van der Waals surface area (Å²) in [6.07, 6.45) is 15.8. The van der Waals surface area contributed by atoms with E-state index in [9.17, 15) is 18.9 Å². The van der Waals surface area contributed by atoms with Gasteiger partial charge in [0.05, 0.1) is 33.8 Å². The Morgan fingerprint density at radius 2 is 1.70 bits per heavy atom. The molecule has 3 aromatic carbocycles. The van der Waals surface area contributed by atoms with Gasteiger partial charge >= 0.3 is 0 Å². The average molecular weight is 1020 g/mol. The SMILES string of the molecule is COc1cc(N2CCC3(CCN(CCCCCCC#Cc4cccc5c4CN(C4CCC(=O)NC4=O)C5=O)CC3)CC2)c(C)cc1Nc1ncc(Br)c(Nc2ccc3nccnc3c2P(C)(C)=O)n1. The van der Waals surface area contributed by atoms with E-state index < -0.39 is 19.1 Å². The zero-order valence-electron chi connectivity index (χ0n) is 39.9. The minimum atomic E-state index is -2.77. The van der Waals surface area contributed by atoms with E-state index in [4.69, 9.17) is 9.72 Å². The van der Waals surface area contributed by atoms with E-state index in [1.54, 1.807) is 50.0 Å². The fourth-order valence-electron chi connectivity index (χ4n) is 10.5. The molecule has 3 amide bonds. The zero-order chi connectivity index (χ0) is 48.3. The van der Waals surface area contributed by atoms with Crippen molar-refractivity contribution in [1.29, 1.82) is 0 Å². The molecule has 0 bridgehead atoms. The van der Waals surface area contributed by atoms with E-state index in [1.807, 2.05) is 24.3 Å². The Balaban J connectivity index is 0.720. The quantitative estimate of drug-likeness (QED) is 0.0418. The molecule has 360 valence electrons. The van der Waals surface area contributed by atoms with Crippen LogP contribution in [-0.4, -0.2) is 107 Å². The standard InChI is InChI=1S/C52H60BrN10O5P/c1-34-30-41(58-51-56-32-38(53)48(60-51)57-40-16-15-39-46(55-24-23-54-39)47(40)69(3,4)67)44(68-2)31-43(34)62-28-21-52(22-29-62)19-26-61(27-20-52)25-10-8-6-5-7-9-12-35-13-11-14-36-37(35)33-63(50(36)66)42-17-18-45(64)59-49(42)65/h11,13-16,23-24,30-32,42H,5-8,10,17-22,25-29,33H2,1-4H3,(H,59,64,65)(H2,56,57,58,60). The number of fused-ring (bicyclic) bond motifs is 2. The highest BCUT2D eigenvalue weighted by atomic mass is 79.9. The van der Waals surface area contributed by atoms with Gasteiger partial charge in [0.15, 0.2) is 0 Å². The number of nitrogens with one attached hydrogen (secondary N) is 3. The molecule has 3 fully saturated rings. The summed E-state index contributed by atoms with van der Waals surface area (Å²) < 4.78 is 20.1. The van der Waals surface area contributed by atoms with Crippen molar-refractivity contribution in [2.24, 2.45) is 5.41 Å². The first-order chi connectivity index (χ1) is 33.3. The van der Waals surface area contributed by atoms with Crippen LogP contribution in [0.25, 0.3) is 11.0 Å². The first-order valence-electron chi connectivity index (χ1n) is 24.1. The van der Waals surface area contributed by atoms with Crippen molar-refractivity contribution in [2.75, 3.05) is 68.7 Å². The van der Waals surface area contributed by atoms with Crippen LogP contribution in [0.3, 0.4) is 0 Å². The lowest BCUT2D eigenvalue weighted by molar-refractivity contribution is -0.136. The number of carbonyl (C=O) groups excluding carboxylic acids is 3. The number of benzene rings is 3. The molecule has 1 atom stereocenters. The van der Waals surface area contributed by atoms with Crippen LogP contribution in [0.2, 0.25) is 0 Å². The molecule has 2 aromatic heterocycles.